The highest BCUT2D eigenvalue weighted by Crippen LogP contribution is 2.52. The third-order valence-corrected chi connectivity index (χ3v) is 11.5. The quantitative estimate of drug-likeness (QED) is 0.154. The molecule has 0 bridgehead atoms. The summed E-state index contributed by atoms with van der Waals surface area (Å²) in [7, 11) is 0. The van der Waals surface area contributed by atoms with E-state index in [1.54, 1.807) is 0 Å². The number of para-hydroxylation sites is 4. The third-order valence-electron chi connectivity index (χ3n) is 10.4. The molecular weight excluding hydrogens is 685 g/mol. The second kappa shape index (κ2) is 14.1. The molecule has 0 aliphatic rings. The van der Waals surface area contributed by atoms with Gasteiger partial charge in [0, 0.05) is 42.7 Å². The maximum Gasteiger partial charge on any atom is 0.0717 e. The fourth-order valence-corrected chi connectivity index (χ4v) is 9.03. The van der Waals surface area contributed by atoms with Crippen molar-refractivity contribution in [2.75, 3.05) is 9.80 Å². The summed E-state index contributed by atoms with van der Waals surface area (Å²) in [5.74, 6) is 0. The summed E-state index contributed by atoms with van der Waals surface area (Å²) >= 11 is 1.87. The molecule has 0 unspecified atom stereocenters. The molecule has 1 aromatic heterocycles. The van der Waals surface area contributed by atoms with E-state index in [9.17, 15) is 0 Å². The average molecular weight is 721 g/mol. The molecule has 0 N–H and O–H groups in total. The SMILES string of the molecule is c1ccc(-c2ccccc2N(c2ccccc2)c2cc3sc4cc5ccccc5cc4c3cc2N(c2ccccc2)c2ccccc2-c2ccccc2)cc1. The molecule has 0 aliphatic heterocycles. The lowest BCUT2D eigenvalue weighted by Crippen LogP contribution is -2.18. The second-order valence-electron chi connectivity index (χ2n) is 13.7. The van der Waals surface area contributed by atoms with Crippen LogP contribution in [0.1, 0.15) is 0 Å². The Morgan fingerprint density at radius 1 is 0.291 bits per heavy atom. The van der Waals surface area contributed by atoms with Crippen molar-refractivity contribution in [3.05, 3.63) is 218 Å². The highest BCUT2D eigenvalue weighted by Gasteiger charge is 2.27. The highest BCUT2D eigenvalue weighted by atomic mass is 32.1. The minimum absolute atomic E-state index is 1.08. The molecule has 9 aromatic carbocycles. The van der Waals surface area contributed by atoms with Gasteiger partial charge >= 0.3 is 0 Å². The van der Waals surface area contributed by atoms with Gasteiger partial charge in [-0.2, -0.15) is 0 Å². The molecule has 3 heteroatoms. The van der Waals surface area contributed by atoms with Gasteiger partial charge in [0.05, 0.1) is 22.7 Å². The topological polar surface area (TPSA) is 6.48 Å². The largest absolute Gasteiger partial charge is 0.308 e. The molecule has 10 rings (SSSR count). The van der Waals surface area contributed by atoms with E-state index in [1.807, 2.05) is 11.3 Å². The van der Waals surface area contributed by atoms with Crippen molar-refractivity contribution in [2.45, 2.75) is 0 Å². The van der Waals surface area contributed by atoms with E-state index in [2.05, 4.69) is 228 Å². The van der Waals surface area contributed by atoms with Crippen LogP contribution in [0, 0.1) is 0 Å². The molecule has 0 saturated heterocycles. The number of rotatable bonds is 8. The van der Waals surface area contributed by atoms with Crippen LogP contribution in [-0.4, -0.2) is 0 Å². The molecule has 0 spiro atoms. The van der Waals surface area contributed by atoms with Crippen LogP contribution in [0.25, 0.3) is 53.2 Å². The first-order valence-corrected chi connectivity index (χ1v) is 19.5. The lowest BCUT2D eigenvalue weighted by Gasteiger charge is -2.35. The minimum Gasteiger partial charge on any atom is -0.308 e. The first kappa shape index (κ1) is 32.7. The van der Waals surface area contributed by atoms with E-state index in [-0.39, 0.29) is 0 Å². The normalized spacial score (nSPS) is 11.3. The van der Waals surface area contributed by atoms with Crippen molar-refractivity contribution in [3.63, 3.8) is 0 Å². The van der Waals surface area contributed by atoms with Crippen molar-refractivity contribution in [3.8, 4) is 22.3 Å². The van der Waals surface area contributed by atoms with Gasteiger partial charge in [0.25, 0.3) is 0 Å². The summed E-state index contributed by atoms with van der Waals surface area (Å²) < 4.78 is 2.52. The number of anilines is 6. The van der Waals surface area contributed by atoms with Gasteiger partial charge < -0.3 is 9.80 Å². The van der Waals surface area contributed by atoms with Gasteiger partial charge in [-0.1, -0.05) is 158 Å². The maximum atomic E-state index is 2.46. The van der Waals surface area contributed by atoms with Crippen molar-refractivity contribution >= 4 is 76.4 Å². The standard InChI is InChI=1S/C52H36N2S/c1-5-19-37(20-6-1)43-29-15-17-31-47(43)53(41-25-9-3-10-26-41)49-35-46-45-33-39-23-13-14-24-40(39)34-51(45)55-52(46)36-50(49)54(42-27-11-4-12-28-42)48-32-18-16-30-44(48)38-21-7-2-8-22-38/h1-36H. The molecule has 1 heterocycles. The third kappa shape index (κ3) is 6.01. The number of benzene rings is 9. The molecule has 260 valence electrons. The van der Waals surface area contributed by atoms with E-state index in [0.29, 0.717) is 0 Å². The zero-order chi connectivity index (χ0) is 36.6. The minimum atomic E-state index is 1.08. The monoisotopic (exact) mass is 720 g/mol. The van der Waals surface area contributed by atoms with Gasteiger partial charge in [-0.05, 0) is 82.6 Å². The zero-order valence-electron chi connectivity index (χ0n) is 30.1. The molecule has 55 heavy (non-hydrogen) atoms. The number of thiophene rings is 1. The Balaban J connectivity index is 1.34. The number of hydrogen-bond donors (Lipinski definition) is 0. The number of hydrogen-bond acceptors (Lipinski definition) is 3. The summed E-state index contributed by atoms with van der Waals surface area (Å²) in [6, 6.07) is 79.0. The predicted octanol–water partition coefficient (Wildman–Crippen LogP) is 15.5. The maximum absolute atomic E-state index is 2.46. The smallest absolute Gasteiger partial charge is 0.0717 e. The average Bonchev–Trinajstić information content (AvgIpc) is 3.60. The predicted molar refractivity (Wildman–Crippen MR) is 237 cm³/mol. The molecule has 0 aliphatic carbocycles. The second-order valence-corrected chi connectivity index (χ2v) is 14.8. The van der Waals surface area contributed by atoms with Crippen LogP contribution in [0.5, 0.6) is 0 Å². The fourth-order valence-electron chi connectivity index (χ4n) is 7.87. The fraction of sp³-hybridized carbons (Fsp3) is 0. The van der Waals surface area contributed by atoms with Crippen LogP contribution in [0.15, 0.2) is 218 Å². The molecule has 0 saturated carbocycles. The number of fused-ring (bicyclic) bond motifs is 4. The van der Waals surface area contributed by atoms with E-state index >= 15 is 0 Å². The molecule has 0 radical (unpaired) electrons. The molecular formula is C52H36N2S. The highest BCUT2D eigenvalue weighted by molar-refractivity contribution is 7.26. The summed E-state index contributed by atoms with van der Waals surface area (Å²) in [6.07, 6.45) is 0. The van der Waals surface area contributed by atoms with Gasteiger partial charge in [0.15, 0.2) is 0 Å². The summed E-state index contributed by atoms with van der Waals surface area (Å²) in [6.45, 7) is 0. The van der Waals surface area contributed by atoms with Crippen molar-refractivity contribution < 1.29 is 0 Å². The first-order valence-electron chi connectivity index (χ1n) is 18.7. The van der Waals surface area contributed by atoms with Crippen LogP contribution in [0.4, 0.5) is 34.1 Å². The van der Waals surface area contributed by atoms with Crippen LogP contribution in [0.2, 0.25) is 0 Å². The van der Waals surface area contributed by atoms with Crippen LogP contribution in [-0.2, 0) is 0 Å². The summed E-state index contributed by atoms with van der Waals surface area (Å²) in [5, 5.41) is 5.02. The van der Waals surface area contributed by atoms with Crippen LogP contribution >= 0.6 is 11.3 Å². The van der Waals surface area contributed by atoms with Crippen molar-refractivity contribution in [1.82, 2.24) is 0 Å². The van der Waals surface area contributed by atoms with Gasteiger partial charge in [-0.3, -0.25) is 0 Å². The van der Waals surface area contributed by atoms with Gasteiger partial charge in [-0.15, -0.1) is 11.3 Å². The van der Waals surface area contributed by atoms with Gasteiger partial charge in [-0.25, -0.2) is 0 Å². The van der Waals surface area contributed by atoms with E-state index < -0.39 is 0 Å². The molecule has 2 nitrogen and oxygen atoms in total. The van der Waals surface area contributed by atoms with Crippen LogP contribution in [0.3, 0.4) is 0 Å². The van der Waals surface area contributed by atoms with Gasteiger partial charge in [0.1, 0.15) is 0 Å². The van der Waals surface area contributed by atoms with E-state index in [1.165, 1.54) is 42.1 Å². The summed E-state index contributed by atoms with van der Waals surface area (Å²) in [5.41, 5.74) is 11.2. The molecule has 0 fully saturated rings. The first-order chi connectivity index (χ1) is 27.3. The summed E-state index contributed by atoms with van der Waals surface area (Å²) in [4.78, 5) is 4.92. The van der Waals surface area contributed by atoms with Crippen LogP contribution < -0.4 is 9.80 Å². The Morgan fingerprint density at radius 2 is 0.673 bits per heavy atom. The Morgan fingerprint density at radius 3 is 1.20 bits per heavy atom. The Bertz CT molecular complexity index is 2920. The van der Waals surface area contributed by atoms with Gasteiger partial charge in [0.2, 0.25) is 0 Å². The lowest BCUT2D eigenvalue weighted by atomic mass is 9.99. The Hall–Kier alpha value is -6.94. The van der Waals surface area contributed by atoms with E-state index in [4.69, 9.17) is 0 Å². The van der Waals surface area contributed by atoms with Crippen molar-refractivity contribution in [1.29, 1.82) is 0 Å². The number of nitrogens with zero attached hydrogens (tertiary/aromatic N) is 2. The van der Waals surface area contributed by atoms with E-state index in [0.717, 1.165) is 45.3 Å². The lowest BCUT2D eigenvalue weighted by molar-refractivity contribution is 1.23. The molecule has 0 atom stereocenters. The molecule has 10 aromatic rings. The van der Waals surface area contributed by atoms with Crippen molar-refractivity contribution in [2.24, 2.45) is 0 Å². The Kier molecular flexibility index (Phi) is 8.40. The zero-order valence-corrected chi connectivity index (χ0v) is 30.9. The Labute approximate surface area is 325 Å². The molecule has 0 amide bonds.